The van der Waals surface area contributed by atoms with Gasteiger partial charge in [-0.15, -0.1) is 11.3 Å². The zero-order valence-electron chi connectivity index (χ0n) is 24.2. The molecule has 4 aromatic rings. The number of nitrogens with zero attached hydrogens (tertiary/aromatic N) is 4. The van der Waals surface area contributed by atoms with E-state index in [-0.39, 0.29) is 29.2 Å². The van der Waals surface area contributed by atoms with Gasteiger partial charge >= 0.3 is 0 Å². The summed E-state index contributed by atoms with van der Waals surface area (Å²) < 4.78 is 1.50. The minimum atomic E-state index is -0.330. The molecule has 0 spiro atoms. The van der Waals surface area contributed by atoms with Crippen LogP contribution in [-0.2, 0) is 24.7 Å². The predicted molar refractivity (Wildman–Crippen MR) is 167 cm³/mol. The maximum absolute atomic E-state index is 13.1. The normalized spacial score (nSPS) is 16.9. The third-order valence-corrected chi connectivity index (χ3v) is 9.46. The average molecular weight is 583 g/mol. The van der Waals surface area contributed by atoms with E-state index in [4.69, 9.17) is 4.98 Å². The van der Waals surface area contributed by atoms with E-state index in [1.54, 1.807) is 29.5 Å². The summed E-state index contributed by atoms with van der Waals surface area (Å²) in [5, 5.41) is 6.25. The summed E-state index contributed by atoms with van der Waals surface area (Å²) in [6.45, 7) is 3.46. The topological polar surface area (TPSA) is 99.6 Å². The Balaban J connectivity index is 1.24. The van der Waals surface area contributed by atoms with Gasteiger partial charge in [0.1, 0.15) is 6.04 Å². The second-order valence-corrected chi connectivity index (χ2v) is 12.3. The Labute approximate surface area is 248 Å². The fourth-order valence-corrected chi connectivity index (χ4v) is 6.87. The number of hydrogen-bond acceptors (Lipinski definition) is 7. The molecule has 1 atom stereocenters. The van der Waals surface area contributed by atoms with Crippen LogP contribution in [0.2, 0.25) is 0 Å². The van der Waals surface area contributed by atoms with E-state index >= 15 is 0 Å². The van der Waals surface area contributed by atoms with Crippen LogP contribution in [0, 0.1) is 6.92 Å². The standard InChI is InChI=1S/C32H34N6O3S/c1-19-23(8-6-9-24(19)35-30(39)27-17-21-7-5-10-26(21)42-27)25-18-38(4)32(41)29(34-25)33-22-13-11-20(12-14-22)28-31(40)37(3)16-15-36(28)2/h6,8-9,11-14,17-18,28H,5,7,10,15-16H2,1-4H3,(H,33,34)(H,35,39)/t28-/m1/s1. The minimum Gasteiger partial charge on any atom is -0.343 e. The fourth-order valence-electron chi connectivity index (χ4n) is 5.72. The van der Waals surface area contributed by atoms with Crippen molar-refractivity contribution >= 4 is 40.3 Å². The number of hydrogen-bond donors (Lipinski definition) is 2. The molecule has 2 aromatic carbocycles. The number of thiophene rings is 1. The number of likely N-dealkylation sites (N-methyl/N-ethyl adjacent to an activating group) is 2. The van der Waals surface area contributed by atoms with Gasteiger partial charge in [-0.3, -0.25) is 19.3 Å². The van der Waals surface area contributed by atoms with Gasteiger partial charge in [0.2, 0.25) is 5.91 Å². The molecule has 6 rings (SSSR count). The SMILES string of the molecule is Cc1c(NC(=O)c2cc3c(s2)CCC3)cccc1-c1cn(C)c(=O)c(Nc2ccc([C@@H]3C(=O)N(C)CCN3C)cc2)n1. The van der Waals surface area contributed by atoms with Crippen LogP contribution in [0.5, 0.6) is 0 Å². The number of piperazine rings is 1. The van der Waals surface area contributed by atoms with Gasteiger partial charge in [0.05, 0.1) is 10.6 Å². The molecule has 10 heteroatoms. The van der Waals surface area contributed by atoms with Crippen LogP contribution >= 0.6 is 11.3 Å². The quantitative estimate of drug-likeness (QED) is 0.341. The minimum absolute atomic E-state index is 0.0699. The van der Waals surface area contributed by atoms with Crippen molar-refractivity contribution in [2.45, 2.75) is 32.2 Å². The van der Waals surface area contributed by atoms with Crippen LogP contribution < -0.4 is 16.2 Å². The number of aromatic nitrogens is 2. The molecule has 2 aliphatic rings. The molecule has 2 N–H and O–H groups in total. The zero-order valence-corrected chi connectivity index (χ0v) is 25.0. The zero-order chi connectivity index (χ0) is 29.5. The Morgan fingerprint density at radius 1 is 1.02 bits per heavy atom. The first-order chi connectivity index (χ1) is 20.2. The second kappa shape index (κ2) is 11.2. The number of anilines is 3. The second-order valence-electron chi connectivity index (χ2n) is 11.1. The van der Waals surface area contributed by atoms with Crippen molar-refractivity contribution in [3.63, 3.8) is 0 Å². The first-order valence-electron chi connectivity index (χ1n) is 14.1. The van der Waals surface area contributed by atoms with E-state index in [9.17, 15) is 14.4 Å². The van der Waals surface area contributed by atoms with Crippen molar-refractivity contribution in [3.05, 3.63) is 91.5 Å². The van der Waals surface area contributed by atoms with E-state index in [2.05, 4.69) is 15.5 Å². The van der Waals surface area contributed by atoms with Crippen LogP contribution in [-0.4, -0.2) is 58.4 Å². The van der Waals surface area contributed by atoms with Crippen molar-refractivity contribution < 1.29 is 9.59 Å². The third kappa shape index (κ3) is 5.23. The van der Waals surface area contributed by atoms with E-state index in [1.807, 2.05) is 69.6 Å². The lowest BCUT2D eigenvalue weighted by atomic mass is 10.0. The van der Waals surface area contributed by atoms with Crippen molar-refractivity contribution in [2.24, 2.45) is 7.05 Å². The maximum Gasteiger partial charge on any atom is 0.293 e. The van der Waals surface area contributed by atoms with Crippen LogP contribution in [0.4, 0.5) is 17.2 Å². The maximum atomic E-state index is 13.1. The van der Waals surface area contributed by atoms with E-state index < -0.39 is 0 Å². The van der Waals surface area contributed by atoms with Gasteiger partial charge < -0.3 is 20.1 Å². The number of nitrogens with one attached hydrogen (secondary N) is 2. The average Bonchev–Trinajstić information content (AvgIpc) is 3.59. The molecular formula is C32H34N6O3S. The smallest absolute Gasteiger partial charge is 0.293 e. The Kier molecular flexibility index (Phi) is 7.42. The van der Waals surface area contributed by atoms with Gasteiger partial charge in [-0.05, 0) is 74.2 Å². The van der Waals surface area contributed by atoms with Gasteiger partial charge in [-0.25, -0.2) is 4.98 Å². The summed E-state index contributed by atoms with van der Waals surface area (Å²) >= 11 is 1.58. The summed E-state index contributed by atoms with van der Waals surface area (Å²) in [7, 11) is 5.48. The van der Waals surface area contributed by atoms with Crippen LogP contribution in [0.15, 0.2) is 59.5 Å². The molecule has 9 nitrogen and oxygen atoms in total. The molecule has 42 heavy (non-hydrogen) atoms. The lowest BCUT2D eigenvalue weighted by Gasteiger charge is -2.37. The van der Waals surface area contributed by atoms with Gasteiger partial charge in [0.25, 0.3) is 11.5 Å². The number of fused-ring (bicyclic) bond motifs is 1. The molecule has 1 aliphatic heterocycles. The highest BCUT2D eigenvalue weighted by Crippen LogP contribution is 2.33. The number of rotatable bonds is 6. The van der Waals surface area contributed by atoms with Crippen molar-refractivity contribution in [1.29, 1.82) is 0 Å². The molecule has 0 saturated carbocycles. The van der Waals surface area contributed by atoms with E-state index in [0.29, 0.717) is 23.6 Å². The first-order valence-corrected chi connectivity index (χ1v) is 14.9. The molecule has 3 heterocycles. The van der Waals surface area contributed by atoms with Crippen molar-refractivity contribution in [1.82, 2.24) is 19.4 Å². The van der Waals surface area contributed by atoms with Gasteiger partial charge in [-0.2, -0.15) is 0 Å². The molecule has 0 radical (unpaired) electrons. The molecule has 2 aromatic heterocycles. The number of carbonyl (C=O) groups is 2. The summed E-state index contributed by atoms with van der Waals surface area (Å²) in [4.78, 5) is 49.4. The molecule has 1 fully saturated rings. The lowest BCUT2D eigenvalue weighted by molar-refractivity contribution is -0.139. The highest BCUT2D eigenvalue weighted by Gasteiger charge is 2.32. The summed E-state index contributed by atoms with van der Waals surface area (Å²) in [5.74, 6) is 0.150. The Morgan fingerprint density at radius 2 is 1.81 bits per heavy atom. The fraction of sp³-hybridized carbons (Fsp3) is 0.312. The van der Waals surface area contributed by atoms with Gasteiger partial charge in [0, 0.05) is 55.2 Å². The summed E-state index contributed by atoms with van der Waals surface area (Å²) in [6.07, 6.45) is 4.96. The Bertz CT molecular complexity index is 1720. The number of benzene rings is 2. The van der Waals surface area contributed by atoms with Crippen LogP contribution in [0.3, 0.4) is 0 Å². The van der Waals surface area contributed by atoms with Gasteiger partial charge in [-0.1, -0.05) is 24.3 Å². The molecule has 216 valence electrons. The molecule has 0 unspecified atom stereocenters. The number of carbonyl (C=O) groups excluding carboxylic acids is 2. The third-order valence-electron chi connectivity index (χ3n) is 8.23. The summed E-state index contributed by atoms with van der Waals surface area (Å²) in [6, 6.07) is 14.9. The lowest BCUT2D eigenvalue weighted by Crippen LogP contribution is -2.48. The molecule has 1 saturated heterocycles. The number of amides is 2. The predicted octanol–water partition coefficient (Wildman–Crippen LogP) is 4.75. The molecular weight excluding hydrogens is 548 g/mol. The van der Waals surface area contributed by atoms with Crippen molar-refractivity contribution in [3.8, 4) is 11.3 Å². The molecule has 1 aliphatic carbocycles. The highest BCUT2D eigenvalue weighted by atomic mass is 32.1. The van der Waals surface area contributed by atoms with Crippen molar-refractivity contribution in [2.75, 3.05) is 37.8 Å². The van der Waals surface area contributed by atoms with E-state index in [0.717, 1.165) is 47.4 Å². The largest absolute Gasteiger partial charge is 0.343 e. The molecule has 0 bridgehead atoms. The molecule has 2 amide bonds. The monoisotopic (exact) mass is 582 g/mol. The van der Waals surface area contributed by atoms with E-state index in [1.165, 1.54) is 15.0 Å². The van der Waals surface area contributed by atoms with Crippen LogP contribution in [0.1, 0.15) is 43.7 Å². The Morgan fingerprint density at radius 3 is 2.57 bits per heavy atom. The van der Waals surface area contributed by atoms with Gasteiger partial charge in [0.15, 0.2) is 5.82 Å². The first kappa shape index (κ1) is 27.9. The Hall–Kier alpha value is -4.28. The highest BCUT2D eigenvalue weighted by molar-refractivity contribution is 7.14. The van der Waals surface area contributed by atoms with Crippen LogP contribution in [0.25, 0.3) is 11.3 Å². The number of aryl methyl sites for hydroxylation is 3. The summed E-state index contributed by atoms with van der Waals surface area (Å²) in [5.41, 5.74) is 5.62.